The maximum absolute atomic E-state index is 13.6. The summed E-state index contributed by atoms with van der Waals surface area (Å²) in [6.07, 6.45) is 1.98. The van der Waals surface area contributed by atoms with Crippen molar-refractivity contribution in [2.24, 2.45) is 0 Å². The number of nitrogens with one attached hydrogen (secondary N) is 1. The Kier molecular flexibility index (Phi) is 6.12. The molecule has 0 heterocycles. The molecule has 0 aliphatic rings. The number of ether oxygens (including phenoxy) is 1. The lowest BCUT2D eigenvalue weighted by Gasteiger charge is -2.12. The van der Waals surface area contributed by atoms with Crippen LogP contribution in [0.15, 0.2) is 18.2 Å². The highest BCUT2D eigenvalue weighted by Gasteiger charge is 2.17. The summed E-state index contributed by atoms with van der Waals surface area (Å²) in [6.45, 7) is 2.53. The van der Waals surface area contributed by atoms with Crippen molar-refractivity contribution in [2.45, 2.75) is 24.6 Å². The third-order valence-electron chi connectivity index (χ3n) is 2.51. The lowest BCUT2D eigenvalue weighted by molar-refractivity contribution is 0.0946. The van der Waals surface area contributed by atoms with E-state index < -0.39 is 11.7 Å². The van der Waals surface area contributed by atoms with Crippen molar-refractivity contribution in [3.8, 4) is 5.75 Å². The number of hydrogen-bond acceptors (Lipinski definition) is 2. The fraction of sp³-hybridized carbons (Fsp3) is 0.462. The summed E-state index contributed by atoms with van der Waals surface area (Å²) in [4.78, 5) is 12.1. The number of hydrogen-bond donors (Lipinski definition) is 1. The molecular formula is C13H17BrFNO2. The molecule has 1 unspecified atom stereocenters. The largest absolute Gasteiger partial charge is 0.496 e. The molecule has 3 nitrogen and oxygen atoms in total. The fourth-order valence-electron chi connectivity index (χ4n) is 1.60. The van der Waals surface area contributed by atoms with Gasteiger partial charge in [-0.05, 0) is 18.6 Å². The number of methoxy groups -OCH3 is 1. The van der Waals surface area contributed by atoms with Crippen LogP contribution in [0.2, 0.25) is 0 Å². The standard InChI is InChI=1S/C13H17BrFNO2/c1-3-5-9(14)8-16-13(17)12-10(15)6-4-7-11(12)18-2/h4,6-7,9H,3,5,8H2,1-2H3,(H,16,17). The van der Waals surface area contributed by atoms with E-state index in [1.54, 1.807) is 6.07 Å². The van der Waals surface area contributed by atoms with Gasteiger partial charge in [-0.15, -0.1) is 0 Å². The molecule has 1 rings (SSSR count). The minimum atomic E-state index is -0.575. The van der Waals surface area contributed by atoms with Crippen LogP contribution in [0.1, 0.15) is 30.1 Å². The molecule has 1 aromatic rings. The zero-order chi connectivity index (χ0) is 13.5. The maximum atomic E-state index is 13.6. The number of amides is 1. The molecule has 5 heteroatoms. The molecule has 1 atom stereocenters. The zero-order valence-corrected chi connectivity index (χ0v) is 12.1. The molecule has 0 spiro atoms. The van der Waals surface area contributed by atoms with Crippen molar-refractivity contribution < 1.29 is 13.9 Å². The van der Waals surface area contributed by atoms with E-state index in [0.29, 0.717) is 6.54 Å². The van der Waals surface area contributed by atoms with Gasteiger partial charge in [0, 0.05) is 11.4 Å². The van der Waals surface area contributed by atoms with Crippen LogP contribution in [0.5, 0.6) is 5.75 Å². The van der Waals surface area contributed by atoms with Gasteiger partial charge in [0.25, 0.3) is 5.91 Å². The summed E-state index contributed by atoms with van der Waals surface area (Å²) in [6, 6.07) is 4.32. The number of alkyl halides is 1. The Balaban J connectivity index is 2.72. The first kappa shape index (κ1) is 15.0. The highest BCUT2D eigenvalue weighted by Crippen LogP contribution is 2.21. The first-order valence-electron chi connectivity index (χ1n) is 5.84. The van der Waals surface area contributed by atoms with Gasteiger partial charge in [-0.2, -0.15) is 0 Å². The highest BCUT2D eigenvalue weighted by molar-refractivity contribution is 9.09. The van der Waals surface area contributed by atoms with Crippen molar-refractivity contribution in [2.75, 3.05) is 13.7 Å². The van der Waals surface area contributed by atoms with Crippen molar-refractivity contribution in [1.29, 1.82) is 0 Å². The molecular weight excluding hydrogens is 301 g/mol. The smallest absolute Gasteiger partial charge is 0.258 e. The Hall–Kier alpha value is -1.10. The summed E-state index contributed by atoms with van der Waals surface area (Å²) in [5, 5.41) is 2.69. The number of halogens is 2. The van der Waals surface area contributed by atoms with E-state index in [1.807, 2.05) is 0 Å². The average Bonchev–Trinajstić information content (AvgIpc) is 2.36. The molecule has 0 saturated heterocycles. The third kappa shape index (κ3) is 3.98. The molecule has 0 aromatic heterocycles. The Morgan fingerprint density at radius 3 is 2.89 bits per heavy atom. The first-order chi connectivity index (χ1) is 8.60. The molecule has 0 bridgehead atoms. The van der Waals surface area contributed by atoms with Crippen LogP contribution in [0.3, 0.4) is 0 Å². The molecule has 0 aliphatic heterocycles. The van der Waals surface area contributed by atoms with E-state index in [0.717, 1.165) is 12.8 Å². The SMILES string of the molecule is CCCC(Br)CNC(=O)c1c(F)cccc1OC. The Morgan fingerprint density at radius 1 is 1.56 bits per heavy atom. The van der Waals surface area contributed by atoms with E-state index in [4.69, 9.17) is 4.74 Å². The number of carbonyl (C=O) groups is 1. The summed E-state index contributed by atoms with van der Waals surface area (Å²) in [5.41, 5.74) is -0.0452. The van der Waals surface area contributed by atoms with Crippen molar-refractivity contribution in [3.63, 3.8) is 0 Å². The Labute approximate surface area is 115 Å². The maximum Gasteiger partial charge on any atom is 0.258 e. The molecule has 0 radical (unpaired) electrons. The topological polar surface area (TPSA) is 38.3 Å². The zero-order valence-electron chi connectivity index (χ0n) is 10.5. The van der Waals surface area contributed by atoms with Gasteiger partial charge < -0.3 is 10.1 Å². The van der Waals surface area contributed by atoms with Crippen LogP contribution in [0.4, 0.5) is 4.39 Å². The van der Waals surface area contributed by atoms with Gasteiger partial charge in [0.15, 0.2) is 0 Å². The number of rotatable bonds is 6. The van der Waals surface area contributed by atoms with E-state index in [2.05, 4.69) is 28.2 Å². The van der Waals surface area contributed by atoms with Crippen molar-refractivity contribution >= 4 is 21.8 Å². The second-order valence-corrected chi connectivity index (χ2v) is 5.21. The van der Waals surface area contributed by atoms with Crippen LogP contribution in [0.25, 0.3) is 0 Å². The van der Waals surface area contributed by atoms with E-state index >= 15 is 0 Å². The van der Waals surface area contributed by atoms with Crippen LogP contribution in [-0.2, 0) is 0 Å². The minimum Gasteiger partial charge on any atom is -0.496 e. The van der Waals surface area contributed by atoms with Gasteiger partial charge >= 0.3 is 0 Å². The molecule has 1 N–H and O–H groups in total. The summed E-state index contributed by atoms with van der Waals surface area (Å²) in [7, 11) is 1.41. The minimum absolute atomic E-state index is 0.0452. The lowest BCUT2D eigenvalue weighted by atomic mass is 10.1. The summed E-state index contributed by atoms with van der Waals surface area (Å²) < 4.78 is 18.6. The third-order valence-corrected chi connectivity index (χ3v) is 3.29. The molecule has 0 saturated carbocycles. The number of benzene rings is 1. The summed E-state index contributed by atoms with van der Waals surface area (Å²) >= 11 is 3.45. The van der Waals surface area contributed by atoms with Gasteiger partial charge in [0.1, 0.15) is 17.1 Å². The van der Waals surface area contributed by atoms with Crippen LogP contribution >= 0.6 is 15.9 Å². The van der Waals surface area contributed by atoms with Gasteiger partial charge in [0.05, 0.1) is 7.11 Å². The normalized spacial score (nSPS) is 12.0. The molecule has 100 valence electrons. The van der Waals surface area contributed by atoms with Crippen LogP contribution in [0, 0.1) is 5.82 Å². The van der Waals surface area contributed by atoms with Gasteiger partial charge in [0.2, 0.25) is 0 Å². The van der Waals surface area contributed by atoms with E-state index in [1.165, 1.54) is 19.2 Å². The molecule has 18 heavy (non-hydrogen) atoms. The van der Waals surface area contributed by atoms with Crippen molar-refractivity contribution in [3.05, 3.63) is 29.6 Å². The quantitative estimate of drug-likeness (QED) is 0.819. The second-order valence-electron chi connectivity index (χ2n) is 3.91. The van der Waals surface area contributed by atoms with Gasteiger partial charge in [-0.3, -0.25) is 4.79 Å². The van der Waals surface area contributed by atoms with E-state index in [-0.39, 0.29) is 16.1 Å². The van der Waals surface area contributed by atoms with Crippen LogP contribution in [-0.4, -0.2) is 24.4 Å². The van der Waals surface area contributed by atoms with E-state index in [9.17, 15) is 9.18 Å². The Morgan fingerprint density at radius 2 is 2.28 bits per heavy atom. The molecule has 0 aliphatic carbocycles. The highest BCUT2D eigenvalue weighted by atomic mass is 79.9. The van der Waals surface area contributed by atoms with Gasteiger partial charge in [-0.25, -0.2) is 4.39 Å². The fourth-order valence-corrected chi connectivity index (χ4v) is 2.22. The second kappa shape index (κ2) is 7.36. The number of carbonyl (C=O) groups excluding carboxylic acids is 1. The van der Waals surface area contributed by atoms with Crippen molar-refractivity contribution in [1.82, 2.24) is 5.32 Å². The first-order valence-corrected chi connectivity index (χ1v) is 6.76. The molecule has 1 amide bonds. The predicted molar refractivity (Wildman–Crippen MR) is 72.9 cm³/mol. The van der Waals surface area contributed by atoms with Crippen LogP contribution < -0.4 is 10.1 Å². The van der Waals surface area contributed by atoms with Gasteiger partial charge in [-0.1, -0.05) is 35.3 Å². The molecule has 1 aromatic carbocycles. The monoisotopic (exact) mass is 317 g/mol. The Bertz CT molecular complexity index is 412. The predicted octanol–water partition coefficient (Wildman–Crippen LogP) is 3.13. The molecule has 0 fully saturated rings. The average molecular weight is 318 g/mol. The summed E-state index contributed by atoms with van der Waals surface area (Å²) in [5.74, 6) is -0.784. The lowest BCUT2D eigenvalue weighted by Crippen LogP contribution is -2.30.